The Morgan fingerprint density at radius 2 is 1.87 bits per heavy atom. The van der Waals surface area contributed by atoms with E-state index >= 15 is 0 Å². The maximum atomic E-state index is 11.9. The summed E-state index contributed by atoms with van der Waals surface area (Å²) in [5.41, 5.74) is 5.02. The average Bonchev–Trinajstić information content (AvgIpc) is 2.35. The topological polar surface area (TPSA) is 61.5 Å². The summed E-state index contributed by atoms with van der Waals surface area (Å²) in [6.45, 7) is 14.8. The van der Waals surface area contributed by atoms with Gasteiger partial charge in [-0.1, -0.05) is 26.7 Å². The molecule has 0 aromatic heterocycles. The fourth-order valence-electron chi connectivity index (χ4n) is 2.83. The van der Waals surface area contributed by atoms with Crippen LogP contribution in [0, 0.1) is 5.92 Å². The van der Waals surface area contributed by atoms with E-state index in [-0.39, 0.29) is 19.1 Å². The summed E-state index contributed by atoms with van der Waals surface area (Å²) < 4.78 is 11.4. The molecule has 1 rings (SSSR count). The summed E-state index contributed by atoms with van der Waals surface area (Å²) in [7, 11) is 0. The molecule has 1 saturated heterocycles. The van der Waals surface area contributed by atoms with Crippen molar-refractivity contribution in [1.82, 2.24) is 0 Å². The zero-order valence-corrected chi connectivity index (χ0v) is 16.4. The lowest BCUT2D eigenvalue weighted by atomic mass is 9.83. The highest BCUT2D eigenvalue weighted by molar-refractivity contribution is 5.70. The smallest absolute Gasteiger partial charge is 0.306 e. The molecule has 4 heteroatoms. The van der Waals surface area contributed by atoms with Crippen molar-refractivity contribution in [3.8, 4) is 0 Å². The predicted molar refractivity (Wildman–Crippen MR) is 98.5 cm³/mol. The van der Waals surface area contributed by atoms with Gasteiger partial charge in [0.2, 0.25) is 0 Å². The minimum absolute atomic E-state index is 0. The molecule has 4 nitrogen and oxygen atoms in total. The molecule has 2 N–H and O–H groups in total. The number of hydrogen-bond donors (Lipinski definition) is 1. The fraction of sp³-hybridized carbons (Fsp3) is 0.947. The van der Waals surface area contributed by atoms with Gasteiger partial charge >= 0.3 is 5.97 Å². The zero-order valence-electron chi connectivity index (χ0n) is 16.4. The molecule has 1 fully saturated rings. The Morgan fingerprint density at radius 1 is 1.30 bits per heavy atom. The summed E-state index contributed by atoms with van der Waals surface area (Å²) >= 11 is 0. The van der Waals surface area contributed by atoms with Crippen molar-refractivity contribution in [2.45, 2.75) is 104 Å². The molecular formula is C19H41NO3. The van der Waals surface area contributed by atoms with Crippen LogP contribution in [0.15, 0.2) is 0 Å². The van der Waals surface area contributed by atoms with Crippen molar-refractivity contribution >= 4 is 5.97 Å². The van der Waals surface area contributed by atoms with Crippen molar-refractivity contribution in [1.29, 1.82) is 0 Å². The third kappa shape index (κ3) is 11.5. The van der Waals surface area contributed by atoms with E-state index in [2.05, 4.69) is 27.7 Å². The molecule has 0 aromatic carbocycles. The van der Waals surface area contributed by atoms with E-state index in [1.807, 2.05) is 20.8 Å². The first-order chi connectivity index (χ1) is 10.5. The van der Waals surface area contributed by atoms with Gasteiger partial charge in [0, 0.05) is 7.85 Å². The van der Waals surface area contributed by atoms with Crippen molar-refractivity contribution in [3.63, 3.8) is 0 Å². The minimum Gasteiger partial charge on any atom is -0.460 e. The van der Waals surface area contributed by atoms with Gasteiger partial charge in [-0.3, -0.25) is 4.79 Å². The molecule has 0 saturated carbocycles. The highest BCUT2D eigenvalue weighted by atomic mass is 16.6. The van der Waals surface area contributed by atoms with E-state index in [9.17, 15) is 4.79 Å². The molecule has 0 unspecified atom stereocenters. The second-order valence-corrected chi connectivity index (χ2v) is 8.17. The van der Waals surface area contributed by atoms with E-state index in [1.165, 1.54) is 12.8 Å². The van der Waals surface area contributed by atoms with Crippen LogP contribution in [0.3, 0.4) is 0 Å². The number of unbranched alkanes of at least 4 members (excludes halogenated alkanes) is 1. The van der Waals surface area contributed by atoms with Gasteiger partial charge in [0.1, 0.15) is 5.60 Å². The van der Waals surface area contributed by atoms with Crippen LogP contribution in [-0.2, 0) is 14.3 Å². The van der Waals surface area contributed by atoms with Crippen LogP contribution in [-0.4, -0.2) is 29.8 Å². The minimum atomic E-state index is -0.408. The number of rotatable bonds is 5. The lowest BCUT2D eigenvalue weighted by Crippen LogP contribution is -2.41. The van der Waals surface area contributed by atoms with Gasteiger partial charge in [-0.15, -0.1) is 0 Å². The first-order valence-corrected chi connectivity index (χ1v) is 9.12. The quantitative estimate of drug-likeness (QED) is 0.742. The SMILES string of the molecule is CC(C)(C)OC(=O)C[C@H]1C[C@@H](CCN)OC(C)(C)C1.CCCC.[HH]. The molecule has 0 amide bonds. The fourth-order valence-corrected chi connectivity index (χ4v) is 2.83. The highest BCUT2D eigenvalue weighted by Gasteiger charge is 2.35. The van der Waals surface area contributed by atoms with Gasteiger partial charge in [-0.05, 0) is 66.3 Å². The first-order valence-electron chi connectivity index (χ1n) is 9.12. The lowest BCUT2D eigenvalue weighted by molar-refractivity contribution is -0.161. The molecule has 1 aliphatic heterocycles. The van der Waals surface area contributed by atoms with Crippen molar-refractivity contribution < 1.29 is 15.7 Å². The Morgan fingerprint density at radius 3 is 2.30 bits per heavy atom. The summed E-state index contributed by atoms with van der Waals surface area (Å²) in [4.78, 5) is 11.9. The van der Waals surface area contributed by atoms with Crippen LogP contribution in [0.2, 0.25) is 0 Å². The number of hydrogen-bond acceptors (Lipinski definition) is 4. The third-order valence-corrected chi connectivity index (χ3v) is 3.73. The molecule has 2 atom stereocenters. The van der Waals surface area contributed by atoms with Gasteiger partial charge in [0.25, 0.3) is 0 Å². The van der Waals surface area contributed by atoms with Crippen LogP contribution in [0.4, 0.5) is 0 Å². The number of carbonyl (C=O) groups is 1. The monoisotopic (exact) mass is 331 g/mol. The van der Waals surface area contributed by atoms with Gasteiger partial charge < -0.3 is 15.2 Å². The molecular weight excluding hydrogens is 290 g/mol. The van der Waals surface area contributed by atoms with Crippen molar-refractivity contribution in [2.75, 3.05) is 6.54 Å². The van der Waals surface area contributed by atoms with E-state index in [0.29, 0.717) is 18.9 Å². The summed E-state index contributed by atoms with van der Waals surface area (Å²) in [5, 5.41) is 0. The Labute approximate surface area is 145 Å². The molecule has 0 aliphatic carbocycles. The Bertz CT molecular complexity index is 338. The van der Waals surface area contributed by atoms with E-state index in [0.717, 1.165) is 19.3 Å². The second kappa shape index (κ2) is 10.3. The largest absolute Gasteiger partial charge is 0.460 e. The van der Waals surface area contributed by atoms with Crippen LogP contribution < -0.4 is 5.73 Å². The summed E-state index contributed by atoms with van der Waals surface area (Å²) in [5.74, 6) is 0.219. The predicted octanol–water partition coefficient (Wildman–Crippen LogP) is 4.69. The van der Waals surface area contributed by atoms with Gasteiger partial charge in [-0.2, -0.15) is 0 Å². The molecule has 0 radical (unpaired) electrons. The van der Waals surface area contributed by atoms with Crippen molar-refractivity contribution in [2.24, 2.45) is 11.7 Å². The molecule has 140 valence electrons. The number of esters is 1. The normalized spacial score (nSPS) is 23.7. The van der Waals surface area contributed by atoms with Crippen LogP contribution in [0.5, 0.6) is 0 Å². The first kappa shape index (κ1) is 22.4. The number of ether oxygens (including phenoxy) is 2. The van der Waals surface area contributed by atoms with Gasteiger partial charge in [0.05, 0.1) is 11.7 Å². The molecule has 0 spiro atoms. The van der Waals surface area contributed by atoms with Gasteiger partial charge in [0.15, 0.2) is 0 Å². The van der Waals surface area contributed by atoms with Crippen LogP contribution >= 0.6 is 0 Å². The summed E-state index contributed by atoms with van der Waals surface area (Å²) in [6, 6.07) is 0. The van der Waals surface area contributed by atoms with Crippen LogP contribution in [0.1, 0.15) is 88.4 Å². The maximum Gasteiger partial charge on any atom is 0.306 e. The standard InChI is InChI=1S/C15H29NO3.C4H10.H2/c1-14(2,3)19-13(17)9-11-8-12(6-7-16)18-15(4,5)10-11;1-3-4-2;/h11-12H,6-10,16H2,1-5H3;3-4H2,1-2H3;1H/t11-,12-;;/m1../s1. The molecule has 0 aromatic rings. The molecule has 1 heterocycles. The molecule has 1 aliphatic rings. The van der Waals surface area contributed by atoms with E-state index in [1.54, 1.807) is 0 Å². The third-order valence-electron chi connectivity index (χ3n) is 3.73. The Balaban J connectivity index is 0. The molecule has 23 heavy (non-hydrogen) atoms. The van der Waals surface area contributed by atoms with Crippen LogP contribution in [0.25, 0.3) is 0 Å². The van der Waals surface area contributed by atoms with Crippen molar-refractivity contribution in [3.05, 3.63) is 0 Å². The highest BCUT2D eigenvalue weighted by Crippen LogP contribution is 2.35. The molecule has 0 bridgehead atoms. The maximum absolute atomic E-state index is 11.9. The van der Waals surface area contributed by atoms with E-state index < -0.39 is 5.60 Å². The Hall–Kier alpha value is -0.610. The van der Waals surface area contributed by atoms with E-state index in [4.69, 9.17) is 15.2 Å². The number of carbonyl (C=O) groups excluding carboxylic acids is 1. The number of nitrogens with two attached hydrogens (primary N) is 1. The van der Waals surface area contributed by atoms with Gasteiger partial charge in [-0.25, -0.2) is 0 Å². The second-order valence-electron chi connectivity index (χ2n) is 8.17. The lowest BCUT2D eigenvalue weighted by Gasteiger charge is -2.40. The summed E-state index contributed by atoms with van der Waals surface area (Å²) in [6.07, 6.45) is 5.94. The average molecular weight is 332 g/mol. The zero-order chi connectivity index (χ0) is 18.1. The Kier molecular flexibility index (Phi) is 10.0.